The number of carbonyl (C=O) groups excluding carboxylic acids is 2. The van der Waals surface area contributed by atoms with Crippen molar-refractivity contribution in [3.05, 3.63) is 65.0 Å². The molecule has 0 aliphatic carbocycles. The lowest BCUT2D eigenvalue weighted by Gasteiger charge is -2.10. The summed E-state index contributed by atoms with van der Waals surface area (Å²) in [5, 5.41) is 13.7. The number of hydrogen-bond donors (Lipinski definition) is 2. The van der Waals surface area contributed by atoms with Gasteiger partial charge < -0.3 is 15.2 Å². The van der Waals surface area contributed by atoms with Crippen molar-refractivity contribution in [3.8, 4) is 0 Å². The summed E-state index contributed by atoms with van der Waals surface area (Å²) in [6, 6.07) is 10.1. The summed E-state index contributed by atoms with van der Waals surface area (Å²) in [5.41, 5.74) is 1.97. The van der Waals surface area contributed by atoms with E-state index in [4.69, 9.17) is 0 Å². The first-order chi connectivity index (χ1) is 15.5. The molecule has 2 N–H and O–H groups in total. The molecule has 0 fully saturated rings. The van der Waals surface area contributed by atoms with E-state index in [9.17, 15) is 22.8 Å². The summed E-state index contributed by atoms with van der Waals surface area (Å²) in [6.07, 6.45) is -4.50. The number of alkyl halides is 3. The highest BCUT2D eigenvalue weighted by molar-refractivity contribution is 7.99. The fourth-order valence-electron chi connectivity index (χ4n) is 3.02. The van der Waals surface area contributed by atoms with E-state index in [1.165, 1.54) is 12.1 Å². The van der Waals surface area contributed by atoms with Crippen molar-refractivity contribution in [2.24, 2.45) is 7.05 Å². The van der Waals surface area contributed by atoms with Crippen LogP contribution in [-0.2, 0) is 29.2 Å². The van der Waals surface area contributed by atoms with Crippen molar-refractivity contribution in [1.82, 2.24) is 14.8 Å². The van der Waals surface area contributed by atoms with Crippen LogP contribution >= 0.6 is 11.8 Å². The lowest BCUT2D eigenvalue weighted by molar-refractivity contribution is -0.137. The molecule has 0 saturated heterocycles. The number of halogens is 3. The van der Waals surface area contributed by atoms with Gasteiger partial charge in [-0.2, -0.15) is 13.2 Å². The molecule has 0 atom stereocenters. The Morgan fingerprint density at radius 2 is 1.79 bits per heavy atom. The van der Waals surface area contributed by atoms with Gasteiger partial charge in [0.1, 0.15) is 5.82 Å². The van der Waals surface area contributed by atoms with Crippen LogP contribution in [0.15, 0.2) is 47.6 Å². The first-order valence-electron chi connectivity index (χ1n) is 9.88. The van der Waals surface area contributed by atoms with Crippen LogP contribution in [0.4, 0.5) is 24.5 Å². The fraction of sp³-hybridized carbons (Fsp3) is 0.273. The maximum Gasteiger partial charge on any atom is 0.416 e. The minimum Gasteiger partial charge on any atom is -0.325 e. The molecule has 7 nitrogen and oxygen atoms in total. The van der Waals surface area contributed by atoms with Gasteiger partial charge in [0.15, 0.2) is 5.16 Å². The van der Waals surface area contributed by atoms with Crippen molar-refractivity contribution in [1.29, 1.82) is 0 Å². The van der Waals surface area contributed by atoms with E-state index < -0.39 is 17.6 Å². The van der Waals surface area contributed by atoms with Gasteiger partial charge in [0.25, 0.3) is 0 Å². The van der Waals surface area contributed by atoms with Gasteiger partial charge in [-0.3, -0.25) is 9.59 Å². The van der Waals surface area contributed by atoms with Crippen LogP contribution < -0.4 is 10.6 Å². The molecule has 1 aromatic heterocycles. The Kier molecular flexibility index (Phi) is 7.42. The summed E-state index contributed by atoms with van der Waals surface area (Å²) in [7, 11) is 1.67. The summed E-state index contributed by atoms with van der Waals surface area (Å²) in [4.78, 5) is 24.6. The fourth-order valence-corrected chi connectivity index (χ4v) is 3.75. The third kappa shape index (κ3) is 6.58. The number of nitrogens with zero attached hydrogens (tertiary/aromatic N) is 3. The minimum atomic E-state index is -4.49. The number of aryl methyl sites for hydroxylation is 2. The van der Waals surface area contributed by atoms with E-state index in [0.29, 0.717) is 16.7 Å². The van der Waals surface area contributed by atoms with Crippen LogP contribution in [0.2, 0.25) is 0 Å². The molecule has 0 unspecified atom stereocenters. The topological polar surface area (TPSA) is 88.9 Å². The average Bonchev–Trinajstić information content (AvgIpc) is 3.07. The Morgan fingerprint density at radius 3 is 2.48 bits per heavy atom. The maximum atomic E-state index is 12.8. The van der Waals surface area contributed by atoms with Gasteiger partial charge >= 0.3 is 6.18 Å². The van der Waals surface area contributed by atoms with E-state index >= 15 is 0 Å². The third-order valence-electron chi connectivity index (χ3n) is 4.71. The second-order valence-electron chi connectivity index (χ2n) is 7.42. The van der Waals surface area contributed by atoms with Gasteiger partial charge in [-0.1, -0.05) is 35.5 Å². The number of aromatic nitrogens is 3. The van der Waals surface area contributed by atoms with Gasteiger partial charge in [-0.15, -0.1) is 10.2 Å². The van der Waals surface area contributed by atoms with Gasteiger partial charge in [0, 0.05) is 18.4 Å². The molecule has 0 saturated carbocycles. The van der Waals surface area contributed by atoms with Crippen molar-refractivity contribution < 1.29 is 22.8 Å². The standard InChI is InChI=1S/C22H22F3N5O2S/c1-13-7-8-17(14(2)9-13)27-19(31)11-18-28-29-21(30(18)3)33-12-20(32)26-16-6-4-5-15(10-16)22(23,24)25/h4-10H,11-12H2,1-3H3,(H,26,32)(H,27,31). The number of thioether (sulfide) groups is 1. The number of rotatable bonds is 7. The van der Waals surface area contributed by atoms with Crippen LogP contribution in [0.3, 0.4) is 0 Å². The molecule has 1 heterocycles. The van der Waals surface area contributed by atoms with Gasteiger partial charge in [-0.05, 0) is 43.7 Å². The van der Waals surface area contributed by atoms with Crippen molar-refractivity contribution >= 4 is 35.0 Å². The number of hydrogen-bond acceptors (Lipinski definition) is 5. The Hall–Kier alpha value is -3.34. The zero-order valence-corrected chi connectivity index (χ0v) is 19.0. The Morgan fingerprint density at radius 1 is 1.03 bits per heavy atom. The molecule has 11 heteroatoms. The predicted molar refractivity (Wildman–Crippen MR) is 120 cm³/mol. The molecule has 2 amide bonds. The van der Waals surface area contributed by atoms with Crippen molar-refractivity contribution in [3.63, 3.8) is 0 Å². The molecule has 2 aromatic carbocycles. The molecule has 174 valence electrons. The number of nitrogens with one attached hydrogen (secondary N) is 2. The van der Waals surface area contributed by atoms with Gasteiger partial charge in [-0.25, -0.2) is 0 Å². The molecule has 3 rings (SSSR count). The smallest absolute Gasteiger partial charge is 0.325 e. The number of benzene rings is 2. The largest absolute Gasteiger partial charge is 0.416 e. The number of amides is 2. The molecular formula is C22H22F3N5O2S. The molecule has 0 aliphatic heterocycles. The molecule has 0 bridgehead atoms. The van der Waals surface area contributed by atoms with Crippen molar-refractivity contribution in [2.75, 3.05) is 16.4 Å². The molecule has 0 radical (unpaired) electrons. The molecular weight excluding hydrogens is 455 g/mol. The number of anilines is 2. The summed E-state index contributed by atoms with van der Waals surface area (Å²) < 4.78 is 40.0. The second kappa shape index (κ2) is 10.1. The van der Waals surface area contributed by atoms with Gasteiger partial charge in [0.05, 0.1) is 17.7 Å². The molecule has 0 spiro atoms. The lowest BCUT2D eigenvalue weighted by Crippen LogP contribution is -2.18. The van der Waals surface area contributed by atoms with E-state index in [-0.39, 0.29) is 23.8 Å². The minimum absolute atomic E-state index is 0.00614. The quantitative estimate of drug-likeness (QED) is 0.494. The average molecular weight is 478 g/mol. The zero-order chi connectivity index (χ0) is 24.2. The van der Waals surface area contributed by atoms with Crippen LogP contribution in [0, 0.1) is 13.8 Å². The highest BCUT2D eigenvalue weighted by atomic mass is 32.2. The summed E-state index contributed by atoms with van der Waals surface area (Å²) in [5.74, 6) is -0.414. The maximum absolute atomic E-state index is 12.8. The van der Waals surface area contributed by atoms with Crippen LogP contribution in [0.5, 0.6) is 0 Å². The normalized spacial score (nSPS) is 11.3. The molecule has 33 heavy (non-hydrogen) atoms. The van der Waals surface area contributed by atoms with Crippen molar-refractivity contribution in [2.45, 2.75) is 31.6 Å². The van der Waals surface area contributed by atoms with Crippen LogP contribution in [0.25, 0.3) is 0 Å². The lowest BCUT2D eigenvalue weighted by atomic mass is 10.1. The second-order valence-corrected chi connectivity index (χ2v) is 8.36. The zero-order valence-electron chi connectivity index (χ0n) is 18.2. The third-order valence-corrected chi connectivity index (χ3v) is 5.73. The number of carbonyl (C=O) groups is 2. The molecule has 0 aliphatic rings. The Balaban J connectivity index is 1.55. The summed E-state index contributed by atoms with van der Waals surface area (Å²) >= 11 is 1.06. The summed E-state index contributed by atoms with van der Waals surface area (Å²) in [6.45, 7) is 3.88. The van der Waals surface area contributed by atoms with Crippen LogP contribution in [-0.4, -0.2) is 32.3 Å². The van der Waals surface area contributed by atoms with E-state index in [0.717, 1.165) is 35.0 Å². The SMILES string of the molecule is Cc1ccc(NC(=O)Cc2nnc(SCC(=O)Nc3cccc(C(F)(F)F)c3)n2C)c(C)c1. The monoisotopic (exact) mass is 477 g/mol. The van der Waals surface area contributed by atoms with E-state index in [1.807, 2.05) is 32.0 Å². The molecule has 3 aromatic rings. The highest BCUT2D eigenvalue weighted by Crippen LogP contribution is 2.30. The first-order valence-corrected chi connectivity index (χ1v) is 10.9. The predicted octanol–water partition coefficient (Wildman–Crippen LogP) is 4.36. The van der Waals surface area contributed by atoms with E-state index in [2.05, 4.69) is 20.8 Å². The van der Waals surface area contributed by atoms with Crippen LogP contribution in [0.1, 0.15) is 22.5 Å². The first kappa shape index (κ1) is 24.3. The van der Waals surface area contributed by atoms with E-state index in [1.54, 1.807) is 11.6 Å². The van der Waals surface area contributed by atoms with Gasteiger partial charge in [0.2, 0.25) is 11.8 Å². The Bertz CT molecular complexity index is 1180. The highest BCUT2D eigenvalue weighted by Gasteiger charge is 2.30. The Labute approximate surface area is 192 Å².